The summed E-state index contributed by atoms with van der Waals surface area (Å²) in [6.07, 6.45) is 11.4. The molecule has 0 aromatic carbocycles. The van der Waals surface area contributed by atoms with Gasteiger partial charge in [-0.3, -0.25) is 9.59 Å². The van der Waals surface area contributed by atoms with Gasteiger partial charge in [-0.15, -0.1) is 0 Å². The van der Waals surface area contributed by atoms with Gasteiger partial charge >= 0.3 is 5.97 Å². The fourth-order valence-corrected chi connectivity index (χ4v) is 10.8. The van der Waals surface area contributed by atoms with E-state index in [1.165, 1.54) is 56.7 Å². The van der Waals surface area contributed by atoms with Crippen molar-refractivity contribution in [2.24, 2.45) is 63.9 Å². The molecular formula is C31H53NO4S. The molecule has 4 aliphatic rings. The van der Waals surface area contributed by atoms with E-state index in [0.717, 1.165) is 18.8 Å². The minimum Gasteiger partial charge on any atom is -0.480 e. The molecule has 0 aromatic rings. The molecule has 0 radical (unpaired) electrons. The Morgan fingerprint density at radius 3 is 2.38 bits per heavy atom. The van der Waals surface area contributed by atoms with E-state index in [-0.39, 0.29) is 17.4 Å². The van der Waals surface area contributed by atoms with Crippen LogP contribution in [-0.2, 0) is 9.59 Å². The second-order valence-electron chi connectivity index (χ2n) is 14.3. The molecule has 4 aliphatic carbocycles. The number of hydrogen-bond acceptors (Lipinski definition) is 5. The lowest BCUT2D eigenvalue weighted by molar-refractivity contribution is -0.168. The Morgan fingerprint density at radius 1 is 1.00 bits per heavy atom. The van der Waals surface area contributed by atoms with Crippen LogP contribution >= 0.6 is 11.8 Å². The van der Waals surface area contributed by atoms with Crippen molar-refractivity contribution >= 4 is 23.5 Å². The third kappa shape index (κ3) is 5.68. The lowest BCUT2D eigenvalue weighted by Crippen LogP contribution is -2.58. The van der Waals surface area contributed by atoms with E-state index in [9.17, 15) is 14.7 Å². The molecule has 0 bridgehead atoms. The number of ketones is 1. The van der Waals surface area contributed by atoms with Crippen molar-refractivity contribution in [2.45, 2.75) is 111 Å². The number of rotatable bonds is 10. The van der Waals surface area contributed by atoms with Gasteiger partial charge in [0, 0.05) is 23.8 Å². The van der Waals surface area contributed by atoms with Gasteiger partial charge in [0.1, 0.15) is 11.8 Å². The van der Waals surface area contributed by atoms with Crippen LogP contribution in [0.2, 0.25) is 0 Å². The number of fused-ring (bicyclic) bond motifs is 5. The molecule has 12 atom stereocenters. The second kappa shape index (κ2) is 11.5. The SMILES string of the molecule is CC(CSCC(N)C(=O)O)C(=O)CCC(C)[C@H]1CCC2C3C(O)C[C@H]4C[C@@H](C)CC[C@]4(C)C3CC[C@@]21C. The molecule has 0 amide bonds. The first-order valence-corrected chi connectivity index (χ1v) is 16.3. The molecular weight excluding hydrogens is 482 g/mol. The number of carboxylic acids is 1. The quantitative estimate of drug-likeness (QED) is 0.316. The number of carboxylic acid groups (broad SMARTS) is 1. The van der Waals surface area contributed by atoms with Crippen molar-refractivity contribution in [2.75, 3.05) is 11.5 Å². The third-order valence-electron chi connectivity index (χ3n) is 12.1. The van der Waals surface area contributed by atoms with Gasteiger partial charge in [-0.2, -0.15) is 11.8 Å². The number of nitrogens with two attached hydrogens (primary N) is 1. The fourth-order valence-electron chi connectivity index (χ4n) is 9.77. The molecule has 5 nitrogen and oxygen atoms in total. The molecule has 0 spiro atoms. The first-order valence-electron chi connectivity index (χ1n) is 15.1. The first kappa shape index (κ1) is 29.4. The molecule has 0 heterocycles. The van der Waals surface area contributed by atoms with E-state index in [1.54, 1.807) is 0 Å². The Hall–Kier alpha value is -0.590. The molecule has 0 aromatic heterocycles. The summed E-state index contributed by atoms with van der Waals surface area (Å²) in [5.74, 6) is 4.62. The van der Waals surface area contributed by atoms with E-state index in [4.69, 9.17) is 10.8 Å². The zero-order valence-corrected chi connectivity index (χ0v) is 24.8. The monoisotopic (exact) mass is 535 g/mol. The van der Waals surface area contributed by atoms with Crippen LogP contribution < -0.4 is 5.73 Å². The molecule has 4 fully saturated rings. The van der Waals surface area contributed by atoms with Crippen molar-refractivity contribution in [3.63, 3.8) is 0 Å². The number of aliphatic hydroxyl groups is 1. The summed E-state index contributed by atoms with van der Waals surface area (Å²) in [6, 6.07) is -0.865. The Kier molecular flexibility index (Phi) is 9.13. The van der Waals surface area contributed by atoms with Gasteiger partial charge in [0.15, 0.2) is 0 Å². The van der Waals surface area contributed by atoms with E-state index >= 15 is 0 Å². The van der Waals surface area contributed by atoms with Crippen LogP contribution in [0, 0.1) is 58.2 Å². The zero-order valence-electron chi connectivity index (χ0n) is 24.0. The van der Waals surface area contributed by atoms with Gasteiger partial charge < -0.3 is 15.9 Å². The van der Waals surface area contributed by atoms with Gasteiger partial charge in [0.2, 0.25) is 0 Å². The van der Waals surface area contributed by atoms with Gasteiger partial charge in [0.25, 0.3) is 0 Å². The maximum Gasteiger partial charge on any atom is 0.321 e. The summed E-state index contributed by atoms with van der Waals surface area (Å²) in [5.41, 5.74) is 6.28. The summed E-state index contributed by atoms with van der Waals surface area (Å²) in [6.45, 7) is 11.8. The molecule has 4 saturated carbocycles. The number of thioether (sulfide) groups is 1. The van der Waals surface area contributed by atoms with Crippen LogP contribution in [0.3, 0.4) is 0 Å². The summed E-state index contributed by atoms with van der Waals surface area (Å²) in [7, 11) is 0. The highest BCUT2D eigenvalue weighted by atomic mass is 32.2. The van der Waals surface area contributed by atoms with Gasteiger partial charge in [-0.25, -0.2) is 0 Å². The van der Waals surface area contributed by atoms with E-state index in [2.05, 4.69) is 27.7 Å². The van der Waals surface area contributed by atoms with Crippen molar-refractivity contribution in [1.82, 2.24) is 0 Å². The van der Waals surface area contributed by atoms with Crippen LogP contribution in [-0.4, -0.2) is 45.6 Å². The largest absolute Gasteiger partial charge is 0.480 e. The summed E-state index contributed by atoms with van der Waals surface area (Å²) in [4.78, 5) is 23.8. The molecule has 7 unspecified atom stereocenters. The smallest absolute Gasteiger partial charge is 0.321 e. The highest BCUT2D eigenvalue weighted by Crippen LogP contribution is 2.68. The number of hydrogen-bond donors (Lipinski definition) is 3. The van der Waals surface area contributed by atoms with E-state index in [0.29, 0.717) is 64.6 Å². The van der Waals surface area contributed by atoms with Crippen LogP contribution in [0.15, 0.2) is 0 Å². The average Bonchev–Trinajstić information content (AvgIpc) is 3.20. The van der Waals surface area contributed by atoms with Crippen LogP contribution in [0.5, 0.6) is 0 Å². The maximum absolute atomic E-state index is 12.9. The lowest BCUT2D eigenvalue weighted by Gasteiger charge is -2.62. The van der Waals surface area contributed by atoms with E-state index in [1.807, 2.05) is 6.92 Å². The first-order chi connectivity index (χ1) is 17.4. The molecule has 0 saturated heterocycles. The summed E-state index contributed by atoms with van der Waals surface area (Å²) in [5, 5.41) is 20.5. The van der Waals surface area contributed by atoms with Gasteiger partial charge in [0.05, 0.1) is 6.10 Å². The third-order valence-corrected chi connectivity index (χ3v) is 13.4. The zero-order chi connectivity index (χ0) is 27.1. The molecule has 212 valence electrons. The number of Topliss-reactive ketones (excluding diaryl/α,β-unsaturated/α-hetero) is 1. The number of carbonyl (C=O) groups is 2. The lowest BCUT2D eigenvalue weighted by atomic mass is 9.43. The van der Waals surface area contributed by atoms with Crippen molar-refractivity contribution in [1.29, 1.82) is 0 Å². The standard InChI is InChI=1S/C31H53NO4S/c1-18-10-12-30(4)21(14-18)15-27(34)28-23-8-7-22(31(23,5)13-11-24(28)30)19(2)6-9-26(33)20(3)16-37-17-25(32)29(35)36/h18-25,27-28,34H,6-17,32H2,1-5H3,(H,35,36)/t18-,19?,20?,21+,22+,23?,24?,25?,27?,28?,30-,31+/m0/s1. The number of aliphatic hydroxyl groups excluding tert-OH is 1. The van der Waals surface area contributed by atoms with Crippen molar-refractivity contribution < 1.29 is 19.8 Å². The topological polar surface area (TPSA) is 101 Å². The van der Waals surface area contributed by atoms with Crippen LogP contribution in [0.4, 0.5) is 0 Å². The molecule has 4 rings (SSSR count). The highest BCUT2D eigenvalue weighted by Gasteiger charge is 2.62. The Balaban J connectivity index is 1.34. The summed E-state index contributed by atoms with van der Waals surface area (Å²) < 4.78 is 0. The fraction of sp³-hybridized carbons (Fsp3) is 0.935. The molecule has 4 N–H and O–H groups in total. The molecule has 37 heavy (non-hydrogen) atoms. The normalized spacial score (nSPS) is 43.7. The second-order valence-corrected chi connectivity index (χ2v) is 15.3. The van der Waals surface area contributed by atoms with Crippen LogP contribution in [0.25, 0.3) is 0 Å². The van der Waals surface area contributed by atoms with Crippen molar-refractivity contribution in [3.8, 4) is 0 Å². The van der Waals surface area contributed by atoms with Crippen LogP contribution in [0.1, 0.15) is 98.8 Å². The predicted octanol–water partition coefficient (Wildman–Crippen LogP) is 6.02. The maximum atomic E-state index is 12.9. The Bertz CT molecular complexity index is 836. The molecule has 6 heteroatoms. The summed E-state index contributed by atoms with van der Waals surface area (Å²) >= 11 is 1.47. The molecule has 0 aliphatic heterocycles. The number of carbonyl (C=O) groups excluding carboxylic acids is 1. The minimum atomic E-state index is -0.985. The Labute approximate surface area is 229 Å². The van der Waals surface area contributed by atoms with Crippen molar-refractivity contribution in [3.05, 3.63) is 0 Å². The average molecular weight is 536 g/mol. The Morgan fingerprint density at radius 2 is 1.68 bits per heavy atom. The van der Waals surface area contributed by atoms with Gasteiger partial charge in [-0.05, 0) is 104 Å². The highest BCUT2D eigenvalue weighted by molar-refractivity contribution is 7.99. The minimum absolute atomic E-state index is 0.0650. The van der Waals surface area contributed by atoms with E-state index < -0.39 is 12.0 Å². The number of aliphatic carboxylic acids is 1. The predicted molar refractivity (Wildman–Crippen MR) is 151 cm³/mol. The van der Waals surface area contributed by atoms with Gasteiger partial charge in [-0.1, -0.05) is 41.0 Å².